The fourth-order valence-corrected chi connectivity index (χ4v) is 1.66. The second-order valence-corrected chi connectivity index (χ2v) is 4.76. The van der Waals surface area contributed by atoms with Gasteiger partial charge in [0.15, 0.2) is 0 Å². The number of hydrogen-bond donors (Lipinski definition) is 1. The molecule has 0 atom stereocenters. The zero-order valence-electron chi connectivity index (χ0n) is 11.1. The molecule has 0 aromatic carbocycles. The van der Waals surface area contributed by atoms with Gasteiger partial charge in [-0.15, -0.1) is 0 Å². The zero-order chi connectivity index (χ0) is 13.0. The Balaban J connectivity index is 2.00. The van der Waals surface area contributed by atoms with Gasteiger partial charge < -0.3 is 5.32 Å². The van der Waals surface area contributed by atoms with E-state index in [2.05, 4.69) is 34.1 Å². The Morgan fingerprint density at radius 3 is 2.50 bits per heavy atom. The van der Waals surface area contributed by atoms with Crippen molar-refractivity contribution in [1.29, 1.82) is 0 Å². The van der Waals surface area contributed by atoms with E-state index in [1.807, 2.05) is 30.1 Å². The molecular weight excluding hydrogens is 226 g/mol. The van der Waals surface area contributed by atoms with Gasteiger partial charge in [-0.2, -0.15) is 0 Å². The van der Waals surface area contributed by atoms with E-state index in [4.69, 9.17) is 0 Å². The Labute approximate surface area is 107 Å². The highest BCUT2D eigenvalue weighted by atomic mass is 15.2. The largest absolute Gasteiger partial charge is 0.312 e. The molecule has 0 unspecified atom stereocenters. The summed E-state index contributed by atoms with van der Waals surface area (Å²) < 4.78 is 1.87. The Hall–Kier alpha value is -1.75. The van der Waals surface area contributed by atoms with Crippen LogP contribution < -0.4 is 5.32 Å². The first-order valence-corrected chi connectivity index (χ1v) is 6.19. The summed E-state index contributed by atoms with van der Waals surface area (Å²) in [7, 11) is 0. The zero-order valence-corrected chi connectivity index (χ0v) is 11.1. The molecule has 5 nitrogen and oxygen atoms in total. The molecule has 18 heavy (non-hydrogen) atoms. The molecule has 0 aliphatic rings. The molecule has 2 aromatic heterocycles. The van der Waals surface area contributed by atoms with Gasteiger partial charge in [0.2, 0.25) is 5.95 Å². The SMILES string of the molecule is Cc1nccn1-c1ncc(CNCC(C)C)cn1. The predicted octanol–water partition coefficient (Wildman–Crippen LogP) is 1.72. The number of aromatic nitrogens is 4. The van der Waals surface area contributed by atoms with Gasteiger partial charge >= 0.3 is 0 Å². The minimum atomic E-state index is 0.652. The standard InChI is InChI=1S/C13H19N5/c1-10(2)6-14-7-12-8-16-13(17-9-12)18-5-4-15-11(18)3/h4-5,8-10,14H,6-7H2,1-3H3. The molecule has 0 bridgehead atoms. The van der Waals surface area contributed by atoms with Crippen LogP contribution in [-0.4, -0.2) is 26.1 Å². The van der Waals surface area contributed by atoms with Crippen LogP contribution in [0.25, 0.3) is 5.95 Å². The van der Waals surface area contributed by atoms with Crippen LogP contribution in [0.2, 0.25) is 0 Å². The predicted molar refractivity (Wildman–Crippen MR) is 70.4 cm³/mol. The van der Waals surface area contributed by atoms with Crippen molar-refractivity contribution in [3.63, 3.8) is 0 Å². The highest BCUT2D eigenvalue weighted by molar-refractivity contribution is 5.17. The van der Waals surface area contributed by atoms with Gasteiger partial charge in [-0.1, -0.05) is 13.8 Å². The molecule has 0 amide bonds. The summed E-state index contributed by atoms with van der Waals surface area (Å²) in [4.78, 5) is 12.9. The quantitative estimate of drug-likeness (QED) is 0.871. The van der Waals surface area contributed by atoms with Crippen LogP contribution in [0.15, 0.2) is 24.8 Å². The lowest BCUT2D eigenvalue weighted by molar-refractivity contribution is 0.551. The maximum Gasteiger partial charge on any atom is 0.235 e. The van der Waals surface area contributed by atoms with Crippen LogP contribution in [0.1, 0.15) is 25.2 Å². The van der Waals surface area contributed by atoms with E-state index in [0.29, 0.717) is 11.9 Å². The number of hydrogen-bond acceptors (Lipinski definition) is 4. The van der Waals surface area contributed by atoms with Gasteiger partial charge in [-0.25, -0.2) is 15.0 Å². The van der Waals surface area contributed by atoms with Gasteiger partial charge in [0, 0.05) is 36.9 Å². The minimum absolute atomic E-state index is 0.652. The first-order valence-electron chi connectivity index (χ1n) is 6.19. The number of aryl methyl sites for hydroxylation is 1. The topological polar surface area (TPSA) is 55.6 Å². The number of rotatable bonds is 5. The maximum atomic E-state index is 4.35. The maximum absolute atomic E-state index is 4.35. The molecule has 2 heterocycles. The summed E-state index contributed by atoms with van der Waals surface area (Å²) >= 11 is 0. The molecule has 0 aliphatic carbocycles. The van der Waals surface area contributed by atoms with Crippen molar-refractivity contribution < 1.29 is 0 Å². The van der Waals surface area contributed by atoms with Crippen LogP contribution in [0.4, 0.5) is 0 Å². The third kappa shape index (κ3) is 3.13. The highest BCUT2D eigenvalue weighted by Crippen LogP contribution is 2.04. The van der Waals surface area contributed by atoms with Crippen LogP contribution in [-0.2, 0) is 6.54 Å². The second-order valence-electron chi connectivity index (χ2n) is 4.76. The molecule has 0 radical (unpaired) electrons. The van der Waals surface area contributed by atoms with Crippen molar-refractivity contribution in [2.75, 3.05) is 6.54 Å². The van der Waals surface area contributed by atoms with Gasteiger partial charge in [0.1, 0.15) is 5.82 Å². The normalized spacial score (nSPS) is 11.1. The van der Waals surface area contributed by atoms with E-state index in [9.17, 15) is 0 Å². The van der Waals surface area contributed by atoms with Crippen molar-refractivity contribution in [3.05, 3.63) is 36.2 Å². The summed E-state index contributed by atoms with van der Waals surface area (Å²) in [6, 6.07) is 0. The molecule has 5 heteroatoms. The Morgan fingerprint density at radius 1 is 1.22 bits per heavy atom. The third-order valence-electron chi connectivity index (χ3n) is 2.61. The lowest BCUT2D eigenvalue weighted by Gasteiger charge is -2.07. The van der Waals surface area contributed by atoms with Crippen molar-refractivity contribution in [2.45, 2.75) is 27.3 Å². The van der Waals surface area contributed by atoms with Gasteiger partial charge in [-0.3, -0.25) is 4.57 Å². The van der Waals surface area contributed by atoms with E-state index in [1.54, 1.807) is 6.20 Å². The molecule has 0 fully saturated rings. The summed E-state index contributed by atoms with van der Waals surface area (Å²) in [6.07, 6.45) is 7.32. The molecule has 0 saturated heterocycles. The van der Waals surface area contributed by atoms with Crippen molar-refractivity contribution in [1.82, 2.24) is 24.8 Å². The molecule has 0 saturated carbocycles. The van der Waals surface area contributed by atoms with Crippen LogP contribution in [0.3, 0.4) is 0 Å². The van der Waals surface area contributed by atoms with Crippen LogP contribution >= 0.6 is 0 Å². The van der Waals surface area contributed by atoms with Gasteiger partial charge in [-0.05, 0) is 19.4 Å². The summed E-state index contributed by atoms with van der Waals surface area (Å²) in [5.41, 5.74) is 1.09. The van der Waals surface area contributed by atoms with Crippen LogP contribution in [0, 0.1) is 12.8 Å². The van der Waals surface area contributed by atoms with E-state index < -0.39 is 0 Å². The molecule has 96 valence electrons. The van der Waals surface area contributed by atoms with Crippen molar-refractivity contribution >= 4 is 0 Å². The average molecular weight is 245 g/mol. The van der Waals surface area contributed by atoms with Crippen molar-refractivity contribution in [2.24, 2.45) is 5.92 Å². The average Bonchev–Trinajstić information content (AvgIpc) is 2.76. The summed E-state index contributed by atoms with van der Waals surface area (Å²) in [6.45, 7) is 8.12. The smallest absolute Gasteiger partial charge is 0.235 e. The Bertz CT molecular complexity index is 486. The number of nitrogens with one attached hydrogen (secondary N) is 1. The summed E-state index contributed by atoms with van der Waals surface area (Å²) in [5, 5.41) is 3.37. The second kappa shape index (κ2) is 5.73. The Morgan fingerprint density at radius 2 is 1.94 bits per heavy atom. The molecule has 2 aromatic rings. The minimum Gasteiger partial charge on any atom is -0.312 e. The Kier molecular flexibility index (Phi) is 4.04. The van der Waals surface area contributed by atoms with Gasteiger partial charge in [0.05, 0.1) is 0 Å². The molecule has 0 spiro atoms. The van der Waals surface area contributed by atoms with Crippen molar-refractivity contribution in [3.8, 4) is 5.95 Å². The molecular formula is C13H19N5. The number of nitrogens with zero attached hydrogens (tertiary/aromatic N) is 4. The highest BCUT2D eigenvalue weighted by Gasteiger charge is 2.03. The first kappa shape index (κ1) is 12.7. The molecule has 0 aliphatic heterocycles. The molecule has 1 N–H and O–H groups in total. The van der Waals surface area contributed by atoms with E-state index >= 15 is 0 Å². The van der Waals surface area contributed by atoms with E-state index in [1.165, 1.54) is 0 Å². The van der Waals surface area contributed by atoms with E-state index in [-0.39, 0.29) is 0 Å². The monoisotopic (exact) mass is 245 g/mol. The van der Waals surface area contributed by atoms with E-state index in [0.717, 1.165) is 24.5 Å². The van der Waals surface area contributed by atoms with Gasteiger partial charge in [0.25, 0.3) is 0 Å². The fourth-order valence-electron chi connectivity index (χ4n) is 1.66. The summed E-state index contributed by atoms with van der Waals surface area (Å²) in [5.74, 6) is 2.21. The number of imidazole rings is 1. The fraction of sp³-hybridized carbons (Fsp3) is 0.462. The first-order chi connectivity index (χ1) is 8.66. The lowest BCUT2D eigenvalue weighted by atomic mass is 10.2. The third-order valence-corrected chi connectivity index (χ3v) is 2.61. The van der Waals surface area contributed by atoms with Crippen LogP contribution in [0.5, 0.6) is 0 Å². The lowest BCUT2D eigenvalue weighted by Crippen LogP contribution is -2.19. The molecule has 2 rings (SSSR count).